The molecule has 3 aromatic carbocycles. The Morgan fingerprint density at radius 1 is 1.00 bits per heavy atom. The zero-order valence-corrected chi connectivity index (χ0v) is 20.9. The number of carbonyl (C=O) groups is 1. The molecular formula is C27H27N3O5S. The third kappa shape index (κ3) is 5.98. The SMILES string of the molecule is COc1ccc(CCNC(=O)CSc2cn(Cc3ccc([N+](=O)[O-])cc3)c3ccccc23)cc1OC. The molecule has 0 spiro atoms. The van der Waals surface area contributed by atoms with E-state index in [1.165, 1.54) is 23.9 Å². The summed E-state index contributed by atoms with van der Waals surface area (Å²) in [5, 5.41) is 15.0. The largest absolute Gasteiger partial charge is 0.493 e. The lowest BCUT2D eigenvalue weighted by molar-refractivity contribution is -0.384. The number of fused-ring (bicyclic) bond motifs is 1. The summed E-state index contributed by atoms with van der Waals surface area (Å²) in [6.07, 6.45) is 2.72. The van der Waals surface area contributed by atoms with Gasteiger partial charge in [-0.1, -0.05) is 36.4 Å². The van der Waals surface area contributed by atoms with E-state index in [0.29, 0.717) is 36.8 Å². The molecular weight excluding hydrogens is 478 g/mol. The third-order valence-corrected chi connectivity index (χ3v) is 6.84. The van der Waals surface area contributed by atoms with Crippen LogP contribution in [0.3, 0.4) is 0 Å². The number of hydrogen-bond donors (Lipinski definition) is 1. The summed E-state index contributed by atoms with van der Waals surface area (Å²) in [6, 6.07) is 20.3. The van der Waals surface area contributed by atoms with Crippen molar-refractivity contribution in [3.05, 3.63) is 94.2 Å². The summed E-state index contributed by atoms with van der Waals surface area (Å²) in [5.41, 5.74) is 3.14. The molecule has 4 aromatic rings. The van der Waals surface area contributed by atoms with E-state index in [0.717, 1.165) is 26.9 Å². The van der Waals surface area contributed by atoms with Crippen LogP contribution in [-0.2, 0) is 17.8 Å². The average molecular weight is 506 g/mol. The first-order chi connectivity index (χ1) is 17.5. The van der Waals surface area contributed by atoms with Crippen molar-refractivity contribution in [1.29, 1.82) is 0 Å². The van der Waals surface area contributed by atoms with Crippen LogP contribution in [0, 0.1) is 10.1 Å². The van der Waals surface area contributed by atoms with Crippen molar-refractivity contribution >= 4 is 34.3 Å². The quantitative estimate of drug-likeness (QED) is 0.174. The summed E-state index contributed by atoms with van der Waals surface area (Å²) >= 11 is 1.49. The van der Waals surface area contributed by atoms with Crippen LogP contribution in [0.25, 0.3) is 10.9 Å². The Balaban J connectivity index is 1.36. The minimum Gasteiger partial charge on any atom is -0.493 e. The fourth-order valence-electron chi connectivity index (χ4n) is 3.96. The van der Waals surface area contributed by atoms with Gasteiger partial charge in [0.2, 0.25) is 5.91 Å². The maximum absolute atomic E-state index is 12.5. The zero-order chi connectivity index (χ0) is 25.5. The molecule has 0 saturated heterocycles. The molecule has 0 aliphatic rings. The molecule has 0 aliphatic heterocycles. The lowest BCUT2D eigenvalue weighted by Crippen LogP contribution is -2.27. The molecule has 0 aliphatic carbocycles. The number of para-hydroxylation sites is 1. The van der Waals surface area contributed by atoms with Crippen molar-refractivity contribution in [2.45, 2.75) is 17.9 Å². The van der Waals surface area contributed by atoms with Gasteiger partial charge in [-0.2, -0.15) is 0 Å². The summed E-state index contributed by atoms with van der Waals surface area (Å²) in [5.74, 6) is 1.61. The number of rotatable bonds is 11. The molecule has 0 saturated carbocycles. The van der Waals surface area contributed by atoms with Gasteiger partial charge in [-0.05, 0) is 35.7 Å². The molecule has 9 heteroatoms. The van der Waals surface area contributed by atoms with Crippen LogP contribution in [0.2, 0.25) is 0 Å². The van der Waals surface area contributed by atoms with Crippen molar-refractivity contribution in [2.75, 3.05) is 26.5 Å². The van der Waals surface area contributed by atoms with Crippen LogP contribution in [0.15, 0.2) is 77.8 Å². The highest BCUT2D eigenvalue weighted by molar-refractivity contribution is 8.00. The van der Waals surface area contributed by atoms with Gasteiger partial charge in [0.25, 0.3) is 5.69 Å². The highest BCUT2D eigenvalue weighted by Crippen LogP contribution is 2.31. The van der Waals surface area contributed by atoms with Gasteiger partial charge in [-0.25, -0.2) is 0 Å². The molecule has 0 unspecified atom stereocenters. The zero-order valence-electron chi connectivity index (χ0n) is 20.1. The van der Waals surface area contributed by atoms with Gasteiger partial charge in [0.15, 0.2) is 11.5 Å². The Morgan fingerprint density at radius 3 is 2.44 bits per heavy atom. The van der Waals surface area contributed by atoms with Gasteiger partial charge in [0.1, 0.15) is 0 Å². The van der Waals surface area contributed by atoms with Crippen LogP contribution < -0.4 is 14.8 Å². The van der Waals surface area contributed by atoms with Gasteiger partial charge in [-0.15, -0.1) is 11.8 Å². The number of non-ortho nitro benzene ring substituents is 1. The number of hydrogen-bond acceptors (Lipinski definition) is 6. The second-order valence-corrected chi connectivity index (χ2v) is 9.16. The van der Waals surface area contributed by atoms with Crippen molar-refractivity contribution in [1.82, 2.24) is 9.88 Å². The van der Waals surface area contributed by atoms with Crippen molar-refractivity contribution < 1.29 is 19.2 Å². The standard InChI is InChI=1S/C27H27N3O5S/c1-34-24-12-9-19(15-25(24)35-2)13-14-28-27(31)18-36-26-17-29(23-6-4-3-5-22(23)26)16-20-7-10-21(11-8-20)30(32)33/h3-12,15,17H,13-14,16,18H2,1-2H3,(H,28,31). The van der Waals surface area contributed by atoms with Crippen LogP contribution in [-0.4, -0.2) is 41.9 Å². The monoisotopic (exact) mass is 505 g/mol. The minimum absolute atomic E-state index is 0.0346. The average Bonchev–Trinajstić information content (AvgIpc) is 3.25. The van der Waals surface area contributed by atoms with Crippen molar-refractivity contribution in [3.8, 4) is 11.5 Å². The number of nitrogens with zero attached hydrogens (tertiary/aromatic N) is 2. The van der Waals surface area contributed by atoms with Gasteiger partial charge >= 0.3 is 0 Å². The first-order valence-electron chi connectivity index (χ1n) is 11.4. The molecule has 4 rings (SSSR count). The molecule has 1 amide bonds. The minimum atomic E-state index is -0.400. The first kappa shape index (κ1) is 25.1. The number of nitrogens with one attached hydrogen (secondary N) is 1. The molecule has 0 radical (unpaired) electrons. The van der Waals surface area contributed by atoms with E-state index in [1.54, 1.807) is 26.4 Å². The Bertz CT molecular complexity index is 1370. The summed E-state index contributed by atoms with van der Waals surface area (Å²) in [6.45, 7) is 1.10. The molecule has 1 aromatic heterocycles. The van der Waals surface area contributed by atoms with E-state index < -0.39 is 4.92 Å². The molecule has 0 fully saturated rings. The number of carbonyl (C=O) groups excluding carboxylic acids is 1. The fourth-order valence-corrected chi connectivity index (χ4v) is 4.87. The van der Waals surface area contributed by atoms with E-state index in [4.69, 9.17) is 9.47 Å². The van der Waals surface area contributed by atoms with Crippen LogP contribution in [0.4, 0.5) is 5.69 Å². The molecule has 0 atom stereocenters. The van der Waals surface area contributed by atoms with Crippen LogP contribution in [0.5, 0.6) is 11.5 Å². The second kappa shape index (κ2) is 11.6. The smallest absolute Gasteiger partial charge is 0.269 e. The lowest BCUT2D eigenvalue weighted by atomic mass is 10.1. The normalized spacial score (nSPS) is 10.8. The number of methoxy groups -OCH3 is 2. The third-order valence-electron chi connectivity index (χ3n) is 5.79. The van der Waals surface area contributed by atoms with E-state index in [-0.39, 0.29) is 11.6 Å². The van der Waals surface area contributed by atoms with Gasteiger partial charge in [0, 0.05) is 47.2 Å². The van der Waals surface area contributed by atoms with E-state index >= 15 is 0 Å². The maximum Gasteiger partial charge on any atom is 0.269 e. The number of nitro benzene ring substituents is 1. The number of nitro groups is 1. The predicted molar refractivity (Wildman–Crippen MR) is 141 cm³/mol. The first-order valence-corrected chi connectivity index (χ1v) is 12.4. The van der Waals surface area contributed by atoms with E-state index in [9.17, 15) is 14.9 Å². The molecule has 1 heterocycles. The topological polar surface area (TPSA) is 95.6 Å². The lowest BCUT2D eigenvalue weighted by Gasteiger charge is -2.10. The Hall–Kier alpha value is -3.98. The van der Waals surface area contributed by atoms with Gasteiger partial charge in [-0.3, -0.25) is 14.9 Å². The number of aromatic nitrogens is 1. The van der Waals surface area contributed by atoms with Crippen LogP contribution >= 0.6 is 11.8 Å². The summed E-state index contributed by atoms with van der Waals surface area (Å²) < 4.78 is 12.7. The van der Waals surface area contributed by atoms with Gasteiger partial charge < -0.3 is 19.4 Å². The summed E-state index contributed by atoms with van der Waals surface area (Å²) in [4.78, 5) is 24.0. The van der Waals surface area contributed by atoms with Crippen LogP contribution in [0.1, 0.15) is 11.1 Å². The predicted octanol–water partition coefficient (Wildman–Crippen LogP) is 5.07. The Labute approximate surface area is 213 Å². The fraction of sp³-hybridized carbons (Fsp3) is 0.222. The number of amides is 1. The number of thioether (sulfide) groups is 1. The van der Waals surface area contributed by atoms with Gasteiger partial charge in [0.05, 0.1) is 24.9 Å². The van der Waals surface area contributed by atoms with Crippen molar-refractivity contribution in [2.24, 2.45) is 0 Å². The van der Waals surface area contributed by atoms with E-state index in [1.807, 2.05) is 48.7 Å². The highest BCUT2D eigenvalue weighted by atomic mass is 32.2. The second-order valence-electron chi connectivity index (χ2n) is 8.14. The molecule has 36 heavy (non-hydrogen) atoms. The Morgan fingerprint density at radius 2 is 1.72 bits per heavy atom. The summed E-state index contributed by atoms with van der Waals surface area (Å²) in [7, 11) is 3.20. The van der Waals surface area contributed by atoms with E-state index in [2.05, 4.69) is 9.88 Å². The number of benzene rings is 3. The number of ether oxygens (including phenoxy) is 2. The molecule has 0 bridgehead atoms. The Kier molecular flexibility index (Phi) is 8.12. The highest BCUT2D eigenvalue weighted by Gasteiger charge is 2.12. The molecule has 1 N–H and O–H groups in total. The molecule has 8 nitrogen and oxygen atoms in total. The maximum atomic E-state index is 12.5. The van der Waals surface area contributed by atoms with Crippen molar-refractivity contribution in [3.63, 3.8) is 0 Å². The molecule has 186 valence electrons.